The second-order valence-electron chi connectivity index (χ2n) is 6.88. The van der Waals surface area contributed by atoms with Gasteiger partial charge in [-0.3, -0.25) is 4.99 Å². The maximum Gasteiger partial charge on any atom is 0.193 e. The zero-order valence-electron chi connectivity index (χ0n) is 16.7. The molecule has 1 aliphatic rings. The van der Waals surface area contributed by atoms with E-state index in [1.165, 1.54) is 11.1 Å². The van der Waals surface area contributed by atoms with Gasteiger partial charge in [0.2, 0.25) is 0 Å². The predicted molar refractivity (Wildman–Crippen MR) is 108 cm³/mol. The maximum absolute atomic E-state index is 5.96. The SMILES string of the molecule is CCNC(=NCCc1cccc(C)c1)N1CCC(OCCCOC)CC1. The molecule has 0 unspecified atom stereocenters. The second kappa shape index (κ2) is 11.9. The summed E-state index contributed by atoms with van der Waals surface area (Å²) in [5.41, 5.74) is 2.67. The summed E-state index contributed by atoms with van der Waals surface area (Å²) in [4.78, 5) is 7.22. The monoisotopic (exact) mass is 361 g/mol. The van der Waals surface area contributed by atoms with Gasteiger partial charge in [-0.05, 0) is 45.1 Å². The molecule has 1 aromatic rings. The van der Waals surface area contributed by atoms with E-state index in [0.717, 1.165) is 71.0 Å². The molecule has 146 valence electrons. The van der Waals surface area contributed by atoms with Gasteiger partial charge in [0.1, 0.15) is 0 Å². The van der Waals surface area contributed by atoms with E-state index in [1.807, 2.05) is 0 Å². The van der Waals surface area contributed by atoms with Crippen molar-refractivity contribution in [1.82, 2.24) is 10.2 Å². The number of ether oxygens (including phenoxy) is 2. The minimum absolute atomic E-state index is 0.373. The van der Waals surface area contributed by atoms with Gasteiger partial charge in [-0.2, -0.15) is 0 Å². The Kier molecular flexibility index (Phi) is 9.50. The molecule has 2 rings (SSSR count). The van der Waals surface area contributed by atoms with Crippen molar-refractivity contribution in [2.24, 2.45) is 4.99 Å². The van der Waals surface area contributed by atoms with Crippen LogP contribution in [0.1, 0.15) is 37.3 Å². The molecule has 5 nitrogen and oxygen atoms in total. The Labute approximate surface area is 158 Å². The van der Waals surface area contributed by atoms with E-state index in [-0.39, 0.29) is 0 Å². The van der Waals surface area contributed by atoms with Gasteiger partial charge >= 0.3 is 0 Å². The molecule has 1 fully saturated rings. The first-order valence-electron chi connectivity index (χ1n) is 9.92. The van der Waals surface area contributed by atoms with E-state index in [0.29, 0.717) is 6.10 Å². The van der Waals surface area contributed by atoms with Crippen molar-refractivity contribution in [1.29, 1.82) is 0 Å². The van der Waals surface area contributed by atoms with Gasteiger partial charge in [-0.25, -0.2) is 0 Å². The highest BCUT2D eigenvalue weighted by Crippen LogP contribution is 2.14. The van der Waals surface area contributed by atoms with Gasteiger partial charge in [0, 0.05) is 46.5 Å². The van der Waals surface area contributed by atoms with Crippen LogP contribution in [0.2, 0.25) is 0 Å². The van der Waals surface area contributed by atoms with Gasteiger partial charge in [0.15, 0.2) is 5.96 Å². The van der Waals surface area contributed by atoms with Crippen molar-refractivity contribution in [2.75, 3.05) is 46.5 Å². The Morgan fingerprint density at radius 1 is 1.27 bits per heavy atom. The van der Waals surface area contributed by atoms with Gasteiger partial charge in [0.05, 0.1) is 6.10 Å². The van der Waals surface area contributed by atoms with Crippen LogP contribution in [-0.4, -0.2) is 63.5 Å². The van der Waals surface area contributed by atoms with Crippen LogP contribution in [-0.2, 0) is 15.9 Å². The highest BCUT2D eigenvalue weighted by atomic mass is 16.5. The van der Waals surface area contributed by atoms with Crippen molar-refractivity contribution in [3.63, 3.8) is 0 Å². The van der Waals surface area contributed by atoms with E-state index < -0.39 is 0 Å². The number of benzene rings is 1. The minimum atomic E-state index is 0.373. The maximum atomic E-state index is 5.96. The molecule has 0 bridgehead atoms. The Morgan fingerprint density at radius 3 is 2.77 bits per heavy atom. The van der Waals surface area contributed by atoms with Crippen molar-refractivity contribution < 1.29 is 9.47 Å². The molecule has 0 saturated carbocycles. The number of piperidine rings is 1. The van der Waals surface area contributed by atoms with Crippen LogP contribution in [0, 0.1) is 6.92 Å². The zero-order chi connectivity index (χ0) is 18.6. The number of nitrogens with one attached hydrogen (secondary N) is 1. The van der Waals surface area contributed by atoms with Crippen LogP contribution in [0.5, 0.6) is 0 Å². The molecule has 0 spiro atoms. The van der Waals surface area contributed by atoms with Crippen molar-refractivity contribution in [3.8, 4) is 0 Å². The fraction of sp³-hybridized carbons (Fsp3) is 0.667. The standard InChI is InChI=1S/C21H35N3O2/c1-4-22-21(23-12-9-19-8-5-7-18(2)17-19)24-13-10-20(11-14-24)26-16-6-15-25-3/h5,7-8,17,20H,4,6,9-16H2,1-3H3,(H,22,23). The molecule has 26 heavy (non-hydrogen) atoms. The van der Waals surface area contributed by atoms with Crippen LogP contribution < -0.4 is 5.32 Å². The van der Waals surface area contributed by atoms with E-state index in [9.17, 15) is 0 Å². The molecule has 0 atom stereocenters. The lowest BCUT2D eigenvalue weighted by molar-refractivity contribution is 0.00991. The molecule has 1 aromatic carbocycles. The molecular formula is C21H35N3O2. The van der Waals surface area contributed by atoms with Crippen molar-refractivity contribution in [2.45, 2.75) is 45.6 Å². The first-order chi connectivity index (χ1) is 12.7. The molecule has 5 heteroatoms. The molecule has 1 heterocycles. The lowest BCUT2D eigenvalue weighted by atomic mass is 10.1. The summed E-state index contributed by atoms with van der Waals surface area (Å²) in [7, 11) is 1.74. The Morgan fingerprint density at radius 2 is 2.08 bits per heavy atom. The van der Waals surface area contributed by atoms with Crippen LogP contribution >= 0.6 is 0 Å². The van der Waals surface area contributed by atoms with E-state index >= 15 is 0 Å². The topological polar surface area (TPSA) is 46.1 Å². The largest absolute Gasteiger partial charge is 0.385 e. The Balaban J connectivity index is 1.78. The average molecular weight is 362 g/mol. The lowest BCUT2D eigenvalue weighted by Gasteiger charge is -2.34. The number of aryl methyl sites for hydroxylation is 1. The highest BCUT2D eigenvalue weighted by Gasteiger charge is 2.21. The predicted octanol–water partition coefficient (Wildman–Crippen LogP) is 3.02. The second-order valence-corrected chi connectivity index (χ2v) is 6.88. The molecule has 1 saturated heterocycles. The fourth-order valence-corrected chi connectivity index (χ4v) is 3.27. The number of likely N-dealkylation sites (tertiary alicyclic amines) is 1. The Bertz CT molecular complexity index is 540. The fourth-order valence-electron chi connectivity index (χ4n) is 3.27. The van der Waals surface area contributed by atoms with Crippen molar-refractivity contribution >= 4 is 5.96 Å². The Hall–Kier alpha value is -1.59. The van der Waals surface area contributed by atoms with E-state index in [1.54, 1.807) is 7.11 Å². The summed E-state index contributed by atoms with van der Waals surface area (Å²) >= 11 is 0. The third-order valence-electron chi connectivity index (χ3n) is 4.67. The molecule has 0 aliphatic carbocycles. The number of methoxy groups -OCH3 is 1. The third-order valence-corrected chi connectivity index (χ3v) is 4.67. The van der Waals surface area contributed by atoms with Crippen LogP contribution in [0.25, 0.3) is 0 Å². The molecule has 1 aliphatic heterocycles. The molecular weight excluding hydrogens is 326 g/mol. The lowest BCUT2D eigenvalue weighted by Crippen LogP contribution is -2.47. The summed E-state index contributed by atoms with van der Waals surface area (Å²) < 4.78 is 11.0. The van der Waals surface area contributed by atoms with Crippen LogP contribution in [0.3, 0.4) is 0 Å². The number of aliphatic imine (C=N–C) groups is 1. The number of rotatable bonds is 9. The van der Waals surface area contributed by atoms with Gasteiger partial charge in [0.25, 0.3) is 0 Å². The number of guanidine groups is 1. The third kappa shape index (κ3) is 7.34. The molecule has 1 N–H and O–H groups in total. The van der Waals surface area contributed by atoms with Crippen molar-refractivity contribution in [3.05, 3.63) is 35.4 Å². The van der Waals surface area contributed by atoms with Gasteiger partial charge in [-0.15, -0.1) is 0 Å². The first-order valence-corrected chi connectivity index (χ1v) is 9.92. The number of nitrogens with zero attached hydrogens (tertiary/aromatic N) is 2. The molecule has 0 aromatic heterocycles. The summed E-state index contributed by atoms with van der Waals surface area (Å²) in [5.74, 6) is 1.04. The van der Waals surface area contributed by atoms with Gasteiger partial charge < -0.3 is 19.7 Å². The molecule has 0 amide bonds. The highest BCUT2D eigenvalue weighted by molar-refractivity contribution is 5.80. The summed E-state index contributed by atoms with van der Waals surface area (Å²) in [6, 6.07) is 8.69. The van der Waals surface area contributed by atoms with E-state index in [4.69, 9.17) is 14.5 Å². The summed E-state index contributed by atoms with van der Waals surface area (Å²) in [6.45, 7) is 9.56. The smallest absolute Gasteiger partial charge is 0.193 e. The summed E-state index contributed by atoms with van der Waals surface area (Å²) in [6.07, 6.45) is 4.46. The quantitative estimate of drug-likeness (QED) is 0.417. The average Bonchev–Trinajstić information content (AvgIpc) is 2.65. The zero-order valence-corrected chi connectivity index (χ0v) is 16.7. The number of hydrogen-bond donors (Lipinski definition) is 1. The first kappa shape index (κ1) is 20.7. The van der Waals surface area contributed by atoms with Gasteiger partial charge in [-0.1, -0.05) is 29.8 Å². The normalized spacial score (nSPS) is 16.1. The van der Waals surface area contributed by atoms with Crippen LogP contribution in [0.15, 0.2) is 29.3 Å². The number of hydrogen-bond acceptors (Lipinski definition) is 3. The van der Waals surface area contributed by atoms with Crippen LogP contribution in [0.4, 0.5) is 0 Å². The minimum Gasteiger partial charge on any atom is -0.385 e. The van der Waals surface area contributed by atoms with E-state index in [2.05, 4.69) is 48.3 Å². The summed E-state index contributed by atoms with van der Waals surface area (Å²) in [5, 5.41) is 3.44. The molecule has 0 radical (unpaired) electrons.